The van der Waals surface area contributed by atoms with Crippen LogP contribution in [0.3, 0.4) is 0 Å². The lowest BCUT2D eigenvalue weighted by molar-refractivity contribution is -0.249. The third-order valence-electron chi connectivity index (χ3n) is 1.22. The van der Waals surface area contributed by atoms with E-state index in [4.69, 9.17) is 5.11 Å². The first kappa shape index (κ1) is 11.0. The number of nitrogens with two attached hydrogens (primary N) is 1. The van der Waals surface area contributed by atoms with Gasteiger partial charge in [0.05, 0.1) is 6.54 Å². The molecule has 0 aromatic heterocycles. The number of hydrogen-bond donors (Lipinski definition) is 3. The normalized spacial score (nSPS) is 16.8. The van der Waals surface area contributed by atoms with Gasteiger partial charge in [0.2, 0.25) is 0 Å². The van der Waals surface area contributed by atoms with E-state index >= 15 is 0 Å². The van der Waals surface area contributed by atoms with E-state index in [9.17, 15) is 18.0 Å². The molecule has 72 valence electrons. The van der Waals surface area contributed by atoms with Crippen molar-refractivity contribution in [3.8, 4) is 0 Å². The third-order valence-corrected chi connectivity index (χ3v) is 1.22. The van der Waals surface area contributed by atoms with Crippen LogP contribution in [-0.4, -0.2) is 29.5 Å². The monoisotopic (exact) mass is 186 g/mol. The van der Waals surface area contributed by atoms with Gasteiger partial charge in [-0.3, -0.25) is 0 Å². The SMILES string of the molecule is CC(O)(CNC(N)=O)C(F)(F)F. The molecule has 0 aromatic rings. The second kappa shape index (κ2) is 3.18. The molecule has 0 saturated heterocycles. The van der Waals surface area contributed by atoms with Gasteiger partial charge in [0.25, 0.3) is 0 Å². The maximum Gasteiger partial charge on any atom is 0.418 e. The van der Waals surface area contributed by atoms with Crippen molar-refractivity contribution in [2.45, 2.75) is 18.7 Å². The standard InChI is InChI=1S/C5H9F3N2O2/c1-4(12,5(6,7)8)2-10-3(9)11/h12H,2H2,1H3,(H3,9,10,11). The maximum atomic E-state index is 11.8. The van der Waals surface area contributed by atoms with E-state index in [0.717, 1.165) is 0 Å². The molecule has 12 heavy (non-hydrogen) atoms. The van der Waals surface area contributed by atoms with Crippen molar-refractivity contribution < 1.29 is 23.1 Å². The number of rotatable bonds is 2. The second-order valence-electron chi connectivity index (χ2n) is 2.49. The minimum absolute atomic E-state index is 0.545. The van der Waals surface area contributed by atoms with Crippen molar-refractivity contribution in [3.05, 3.63) is 0 Å². The van der Waals surface area contributed by atoms with Gasteiger partial charge in [-0.2, -0.15) is 13.2 Å². The fraction of sp³-hybridized carbons (Fsp3) is 0.800. The summed E-state index contributed by atoms with van der Waals surface area (Å²) in [6.45, 7) is -0.408. The van der Waals surface area contributed by atoms with Gasteiger partial charge < -0.3 is 16.2 Å². The highest BCUT2D eigenvalue weighted by Crippen LogP contribution is 2.28. The van der Waals surface area contributed by atoms with Crippen LogP contribution in [-0.2, 0) is 0 Å². The highest BCUT2D eigenvalue weighted by molar-refractivity contribution is 5.71. The first-order chi connectivity index (χ1) is 5.17. The zero-order chi connectivity index (χ0) is 9.99. The minimum atomic E-state index is -4.78. The topological polar surface area (TPSA) is 75.3 Å². The molecular weight excluding hydrogens is 177 g/mol. The van der Waals surface area contributed by atoms with Crippen LogP contribution >= 0.6 is 0 Å². The number of aliphatic hydroxyl groups is 1. The number of alkyl halides is 3. The molecule has 0 aliphatic carbocycles. The summed E-state index contributed by atoms with van der Waals surface area (Å²) in [5.41, 5.74) is 1.57. The molecule has 1 unspecified atom stereocenters. The number of urea groups is 1. The van der Waals surface area contributed by atoms with Crippen molar-refractivity contribution >= 4 is 6.03 Å². The van der Waals surface area contributed by atoms with Gasteiger partial charge in [-0.15, -0.1) is 0 Å². The van der Waals surface area contributed by atoms with Crippen molar-refractivity contribution in [1.29, 1.82) is 0 Å². The molecule has 7 heteroatoms. The van der Waals surface area contributed by atoms with Gasteiger partial charge in [-0.1, -0.05) is 0 Å². The Morgan fingerprint density at radius 3 is 2.25 bits per heavy atom. The smallest absolute Gasteiger partial charge is 0.379 e. The predicted molar refractivity (Wildman–Crippen MR) is 34.3 cm³/mol. The average Bonchev–Trinajstić information content (AvgIpc) is 1.81. The minimum Gasteiger partial charge on any atom is -0.379 e. The number of hydrogen-bond acceptors (Lipinski definition) is 2. The molecule has 0 aliphatic heterocycles. The molecule has 0 bridgehead atoms. The average molecular weight is 186 g/mol. The van der Waals surface area contributed by atoms with Gasteiger partial charge in [0, 0.05) is 0 Å². The van der Waals surface area contributed by atoms with Gasteiger partial charge in [0.1, 0.15) is 0 Å². The first-order valence-electron chi connectivity index (χ1n) is 2.99. The van der Waals surface area contributed by atoms with E-state index in [2.05, 4.69) is 5.73 Å². The van der Waals surface area contributed by atoms with Crippen LogP contribution in [0.15, 0.2) is 0 Å². The molecule has 4 N–H and O–H groups in total. The second-order valence-corrected chi connectivity index (χ2v) is 2.49. The summed E-state index contributed by atoms with van der Waals surface area (Å²) in [6.07, 6.45) is -4.78. The van der Waals surface area contributed by atoms with Crippen molar-refractivity contribution in [1.82, 2.24) is 5.32 Å². The summed E-state index contributed by atoms with van der Waals surface area (Å²) in [4.78, 5) is 10.0. The number of primary amides is 1. The number of carbonyl (C=O) groups is 1. The molecule has 2 amide bonds. The Kier molecular flexibility index (Phi) is 2.92. The Balaban J connectivity index is 4.14. The van der Waals surface area contributed by atoms with E-state index < -0.39 is 24.4 Å². The Morgan fingerprint density at radius 2 is 2.00 bits per heavy atom. The maximum absolute atomic E-state index is 11.8. The summed E-state index contributed by atoms with van der Waals surface area (Å²) in [7, 11) is 0. The van der Waals surface area contributed by atoms with Crippen LogP contribution in [0.5, 0.6) is 0 Å². The van der Waals surface area contributed by atoms with E-state index in [1.54, 1.807) is 5.32 Å². The van der Waals surface area contributed by atoms with Crippen molar-refractivity contribution in [2.75, 3.05) is 6.54 Å². The Bertz CT molecular complexity index is 178. The van der Waals surface area contributed by atoms with E-state index in [1.807, 2.05) is 0 Å². The van der Waals surface area contributed by atoms with Crippen LogP contribution < -0.4 is 11.1 Å². The lowest BCUT2D eigenvalue weighted by atomic mass is 10.1. The van der Waals surface area contributed by atoms with Crippen molar-refractivity contribution in [3.63, 3.8) is 0 Å². The molecule has 4 nitrogen and oxygen atoms in total. The van der Waals surface area contributed by atoms with Crippen LogP contribution in [0.2, 0.25) is 0 Å². The first-order valence-corrected chi connectivity index (χ1v) is 2.99. The zero-order valence-electron chi connectivity index (χ0n) is 6.27. The predicted octanol–water partition coefficient (Wildman–Crippen LogP) is -0.0320. The number of nitrogens with one attached hydrogen (secondary N) is 1. The highest BCUT2D eigenvalue weighted by atomic mass is 19.4. The van der Waals surface area contributed by atoms with Crippen LogP contribution in [0, 0.1) is 0 Å². The van der Waals surface area contributed by atoms with Crippen LogP contribution in [0.25, 0.3) is 0 Å². The summed E-state index contributed by atoms with van der Waals surface area (Å²) in [6, 6.07) is -1.11. The fourth-order valence-corrected chi connectivity index (χ4v) is 0.359. The molecule has 0 rings (SSSR count). The summed E-state index contributed by atoms with van der Waals surface area (Å²) in [5.74, 6) is 0. The van der Waals surface area contributed by atoms with Gasteiger partial charge in [-0.05, 0) is 6.92 Å². The van der Waals surface area contributed by atoms with Gasteiger partial charge >= 0.3 is 12.2 Å². The summed E-state index contributed by atoms with van der Waals surface area (Å²) in [5, 5.41) is 10.4. The number of halogens is 3. The van der Waals surface area contributed by atoms with Crippen LogP contribution in [0.1, 0.15) is 6.92 Å². The lowest BCUT2D eigenvalue weighted by Gasteiger charge is -2.25. The zero-order valence-corrected chi connectivity index (χ0v) is 6.27. The Morgan fingerprint density at radius 1 is 1.58 bits per heavy atom. The molecule has 0 spiro atoms. The third kappa shape index (κ3) is 2.95. The van der Waals surface area contributed by atoms with E-state index in [1.165, 1.54) is 0 Å². The van der Waals surface area contributed by atoms with Crippen LogP contribution in [0.4, 0.5) is 18.0 Å². The largest absolute Gasteiger partial charge is 0.418 e. The Labute approximate surface area is 66.5 Å². The number of amides is 2. The molecular formula is C5H9F3N2O2. The molecule has 0 aromatic carbocycles. The summed E-state index contributed by atoms with van der Waals surface area (Å²) >= 11 is 0. The molecule has 0 saturated carbocycles. The van der Waals surface area contributed by atoms with E-state index in [-0.39, 0.29) is 0 Å². The highest BCUT2D eigenvalue weighted by Gasteiger charge is 2.49. The summed E-state index contributed by atoms with van der Waals surface area (Å²) < 4.78 is 35.5. The van der Waals surface area contributed by atoms with Gasteiger partial charge in [-0.25, -0.2) is 4.79 Å². The lowest BCUT2D eigenvalue weighted by Crippen LogP contribution is -2.52. The fourth-order valence-electron chi connectivity index (χ4n) is 0.359. The van der Waals surface area contributed by atoms with Gasteiger partial charge in [0.15, 0.2) is 5.60 Å². The van der Waals surface area contributed by atoms with E-state index in [0.29, 0.717) is 6.92 Å². The Hall–Kier alpha value is -0.980. The molecule has 0 fully saturated rings. The number of carbonyl (C=O) groups excluding carboxylic acids is 1. The van der Waals surface area contributed by atoms with Crippen molar-refractivity contribution in [2.24, 2.45) is 5.73 Å². The molecule has 1 atom stereocenters. The molecule has 0 aliphatic rings. The molecule has 0 radical (unpaired) electrons. The molecule has 0 heterocycles. The quantitative estimate of drug-likeness (QED) is 0.566.